The molecule has 0 aliphatic rings. The first kappa shape index (κ1) is 17.9. The molecule has 0 aromatic carbocycles. The van der Waals surface area contributed by atoms with Gasteiger partial charge in [-0.15, -0.1) is 0 Å². The van der Waals surface area contributed by atoms with E-state index in [1.54, 1.807) is 0 Å². The van der Waals surface area contributed by atoms with Crippen molar-refractivity contribution < 1.29 is 38.5 Å². The van der Waals surface area contributed by atoms with E-state index in [0.717, 1.165) is 21.3 Å². The van der Waals surface area contributed by atoms with Crippen LogP contribution in [0.3, 0.4) is 0 Å². The largest absolute Gasteiger partial charge is 0.481 e. The Kier molecular flexibility index (Phi) is 7.27. The zero-order valence-electron chi connectivity index (χ0n) is 11.7. The molecular weight excluding hydrogens is 272 g/mol. The minimum Gasteiger partial charge on any atom is -0.481 e. The van der Waals surface area contributed by atoms with Crippen molar-refractivity contribution in [2.75, 3.05) is 21.3 Å². The van der Waals surface area contributed by atoms with Gasteiger partial charge in [0.05, 0.1) is 45.5 Å². The van der Waals surface area contributed by atoms with Crippen LogP contribution < -0.4 is 0 Å². The highest BCUT2D eigenvalue weighted by Crippen LogP contribution is 2.27. The second kappa shape index (κ2) is 8.13. The maximum absolute atomic E-state index is 11.7. The molecular formula is C12H18O8. The lowest BCUT2D eigenvalue weighted by atomic mass is 9.80. The van der Waals surface area contributed by atoms with Gasteiger partial charge < -0.3 is 19.3 Å². The number of carbonyl (C=O) groups excluding carboxylic acids is 3. The molecule has 0 aromatic rings. The van der Waals surface area contributed by atoms with E-state index >= 15 is 0 Å². The van der Waals surface area contributed by atoms with E-state index in [0.29, 0.717) is 0 Å². The molecule has 0 fully saturated rings. The minimum atomic E-state index is -1.34. The van der Waals surface area contributed by atoms with E-state index in [1.807, 2.05) is 0 Å². The Labute approximate surface area is 116 Å². The fourth-order valence-corrected chi connectivity index (χ4v) is 1.78. The van der Waals surface area contributed by atoms with Crippen molar-refractivity contribution in [1.29, 1.82) is 0 Å². The van der Waals surface area contributed by atoms with Gasteiger partial charge in [-0.05, 0) is 0 Å². The number of rotatable bonds is 7. The maximum Gasteiger partial charge on any atom is 0.310 e. The molecule has 0 spiro atoms. The van der Waals surface area contributed by atoms with Crippen molar-refractivity contribution in [2.24, 2.45) is 17.8 Å². The predicted octanol–water partition coefficient (Wildman–Crippen LogP) is -0.151. The molecule has 0 bridgehead atoms. The Hall–Kier alpha value is -2.12. The number of methoxy groups -OCH3 is 3. The number of carboxylic acids is 1. The monoisotopic (exact) mass is 290 g/mol. The number of hydrogen-bond donors (Lipinski definition) is 1. The van der Waals surface area contributed by atoms with Crippen molar-refractivity contribution in [2.45, 2.75) is 13.3 Å². The Morgan fingerprint density at radius 2 is 1.45 bits per heavy atom. The number of aliphatic carboxylic acids is 1. The smallest absolute Gasteiger partial charge is 0.310 e. The highest BCUT2D eigenvalue weighted by molar-refractivity contribution is 5.89. The van der Waals surface area contributed by atoms with E-state index in [1.165, 1.54) is 6.92 Å². The summed E-state index contributed by atoms with van der Waals surface area (Å²) in [5.74, 6) is -7.68. The summed E-state index contributed by atoms with van der Waals surface area (Å²) in [5.41, 5.74) is 0. The van der Waals surface area contributed by atoms with Crippen LogP contribution in [-0.2, 0) is 33.4 Å². The molecule has 3 unspecified atom stereocenters. The fourth-order valence-electron chi connectivity index (χ4n) is 1.78. The first-order valence-corrected chi connectivity index (χ1v) is 5.75. The van der Waals surface area contributed by atoms with Crippen LogP contribution in [0.1, 0.15) is 13.3 Å². The van der Waals surface area contributed by atoms with Gasteiger partial charge in [0.15, 0.2) is 0 Å². The molecule has 0 aliphatic carbocycles. The van der Waals surface area contributed by atoms with E-state index in [-0.39, 0.29) is 0 Å². The Balaban J connectivity index is 5.49. The fraction of sp³-hybridized carbons (Fsp3) is 0.667. The lowest BCUT2D eigenvalue weighted by Crippen LogP contribution is -2.40. The van der Waals surface area contributed by atoms with Gasteiger partial charge in [0.2, 0.25) is 0 Å². The summed E-state index contributed by atoms with van der Waals surface area (Å²) in [6.45, 7) is 1.25. The zero-order chi connectivity index (χ0) is 15.9. The van der Waals surface area contributed by atoms with Crippen LogP contribution in [0.15, 0.2) is 0 Å². The molecule has 114 valence electrons. The SMILES string of the molecule is COC(=O)CC(C(=O)OC)C(C(=O)OC)C(C)C(=O)O. The van der Waals surface area contributed by atoms with Gasteiger partial charge in [-0.1, -0.05) is 6.92 Å². The van der Waals surface area contributed by atoms with Crippen molar-refractivity contribution >= 4 is 23.9 Å². The van der Waals surface area contributed by atoms with E-state index in [2.05, 4.69) is 14.2 Å². The van der Waals surface area contributed by atoms with Crippen LogP contribution in [0.25, 0.3) is 0 Å². The summed E-state index contributed by atoms with van der Waals surface area (Å²) in [5, 5.41) is 9.02. The van der Waals surface area contributed by atoms with Crippen LogP contribution in [0.2, 0.25) is 0 Å². The highest BCUT2D eigenvalue weighted by atomic mass is 16.5. The molecule has 1 N–H and O–H groups in total. The molecule has 0 heterocycles. The molecule has 8 heteroatoms. The Morgan fingerprint density at radius 3 is 1.80 bits per heavy atom. The zero-order valence-corrected chi connectivity index (χ0v) is 11.7. The molecule has 20 heavy (non-hydrogen) atoms. The standard InChI is InChI=1S/C12H18O8/c1-6(10(14)15)9(12(17)20-4)7(11(16)19-3)5-8(13)18-2/h6-7,9H,5H2,1-4H3,(H,14,15). The van der Waals surface area contributed by atoms with Gasteiger partial charge in [-0.3, -0.25) is 19.2 Å². The van der Waals surface area contributed by atoms with Gasteiger partial charge in [0.1, 0.15) is 0 Å². The lowest BCUT2D eigenvalue weighted by molar-refractivity contribution is -0.167. The normalized spacial score (nSPS) is 14.6. The minimum absolute atomic E-state index is 0.472. The average Bonchev–Trinajstić information content (AvgIpc) is 2.44. The van der Waals surface area contributed by atoms with Gasteiger partial charge in [0, 0.05) is 0 Å². The number of carboxylic acid groups (broad SMARTS) is 1. The van der Waals surface area contributed by atoms with Crippen LogP contribution in [-0.4, -0.2) is 50.3 Å². The van der Waals surface area contributed by atoms with Gasteiger partial charge in [0.25, 0.3) is 0 Å². The molecule has 0 rings (SSSR count). The number of ether oxygens (including phenoxy) is 3. The molecule has 0 amide bonds. The van der Waals surface area contributed by atoms with Gasteiger partial charge in [-0.25, -0.2) is 0 Å². The quantitative estimate of drug-likeness (QED) is 0.508. The number of esters is 3. The first-order chi connectivity index (χ1) is 9.29. The average molecular weight is 290 g/mol. The Morgan fingerprint density at radius 1 is 0.950 bits per heavy atom. The second-order valence-corrected chi connectivity index (χ2v) is 4.09. The maximum atomic E-state index is 11.7. The summed E-state index contributed by atoms with van der Waals surface area (Å²) in [6.07, 6.45) is -0.472. The summed E-state index contributed by atoms with van der Waals surface area (Å²) < 4.78 is 13.5. The van der Waals surface area contributed by atoms with E-state index in [4.69, 9.17) is 5.11 Å². The molecule has 0 saturated heterocycles. The van der Waals surface area contributed by atoms with Crippen molar-refractivity contribution in [3.8, 4) is 0 Å². The predicted molar refractivity (Wildman–Crippen MR) is 64.4 cm³/mol. The molecule has 3 atom stereocenters. The second-order valence-electron chi connectivity index (χ2n) is 4.09. The van der Waals surface area contributed by atoms with Crippen molar-refractivity contribution in [3.63, 3.8) is 0 Å². The third kappa shape index (κ3) is 4.52. The lowest BCUT2D eigenvalue weighted by Gasteiger charge is -2.25. The van der Waals surface area contributed by atoms with Gasteiger partial charge in [-0.2, -0.15) is 0 Å². The summed E-state index contributed by atoms with van der Waals surface area (Å²) in [6, 6.07) is 0. The van der Waals surface area contributed by atoms with Gasteiger partial charge >= 0.3 is 23.9 Å². The number of carbonyl (C=O) groups is 4. The third-order valence-corrected chi connectivity index (χ3v) is 2.95. The topological polar surface area (TPSA) is 116 Å². The summed E-state index contributed by atoms with van der Waals surface area (Å²) in [7, 11) is 3.26. The van der Waals surface area contributed by atoms with Crippen LogP contribution in [0.4, 0.5) is 0 Å². The van der Waals surface area contributed by atoms with E-state index < -0.39 is 48.1 Å². The van der Waals surface area contributed by atoms with Crippen LogP contribution >= 0.6 is 0 Å². The molecule has 8 nitrogen and oxygen atoms in total. The number of hydrogen-bond acceptors (Lipinski definition) is 7. The van der Waals surface area contributed by atoms with Crippen molar-refractivity contribution in [1.82, 2.24) is 0 Å². The highest BCUT2D eigenvalue weighted by Gasteiger charge is 2.43. The first-order valence-electron chi connectivity index (χ1n) is 5.75. The Bertz CT molecular complexity index is 389. The van der Waals surface area contributed by atoms with Crippen LogP contribution in [0.5, 0.6) is 0 Å². The third-order valence-electron chi connectivity index (χ3n) is 2.95. The molecule has 0 saturated carbocycles. The van der Waals surface area contributed by atoms with Crippen LogP contribution in [0, 0.1) is 17.8 Å². The van der Waals surface area contributed by atoms with Crippen molar-refractivity contribution in [3.05, 3.63) is 0 Å². The molecule has 0 aliphatic heterocycles. The summed E-state index contributed by atoms with van der Waals surface area (Å²) >= 11 is 0. The molecule has 0 aromatic heterocycles. The van der Waals surface area contributed by atoms with E-state index in [9.17, 15) is 19.2 Å². The molecule has 0 radical (unpaired) electrons. The summed E-state index contributed by atoms with van der Waals surface area (Å²) in [4.78, 5) is 45.8.